The van der Waals surface area contributed by atoms with Gasteiger partial charge in [0.1, 0.15) is 0 Å². The monoisotopic (exact) mass is 396 g/mol. The third kappa shape index (κ3) is 5.10. The van der Waals surface area contributed by atoms with Gasteiger partial charge in [-0.15, -0.1) is 0 Å². The molecule has 1 aliphatic heterocycles. The number of benzene rings is 2. The van der Waals surface area contributed by atoms with Gasteiger partial charge < -0.3 is 19.3 Å². The highest BCUT2D eigenvalue weighted by molar-refractivity contribution is 5.93. The maximum Gasteiger partial charge on any atom is 0.226 e. The lowest BCUT2D eigenvalue weighted by atomic mass is 10.0. The first-order valence-corrected chi connectivity index (χ1v) is 10.5. The van der Waals surface area contributed by atoms with Crippen LogP contribution in [0, 0.1) is 0 Å². The van der Waals surface area contributed by atoms with Crippen LogP contribution in [0.3, 0.4) is 0 Å². The van der Waals surface area contributed by atoms with Crippen molar-refractivity contribution >= 4 is 11.6 Å². The van der Waals surface area contributed by atoms with E-state index in [-0.39, 0.29) is 11.9 Å². The van der Waals surface area contributed by atoms with E-state index in [9.17, 15) is 4.79 Å². The molecule has 0 atom stereocenters. The lowest BCUT2D eigenvalue weighted by Crippen LogP contribution is -2.47. The molecule has 5 nitrogen and oxygen atoms in total. The summed E-state index contributed by atoms with van der Waals surface area (Å²) in [6.45, 7) is 4.91. The number of carbonyl (C=O) groups excluding carboxylic acids is 1. The Morgan fingerprint density at radius 3 is 2.38 bits per heavy atom. The second kappa shape index (κ2) is 10.3. The van der Waals surface area contributed by atoms with Crippen LogP contribution in [0.2, 0.25) is 0 Å². The van der Waals surface area contributed by atoms with E-state index in [1.165, 1.54) is 5.56 Å². The van der Waals surface area contributed by atoms with Crippen LogP contribution < -0.4 is 14.4 Å². The topological polar surface area (TPSA) is 42.0 Å². The van der Waals surface area contributed by atoms with Crippen molar-refractivity contribution in [1.29, 1.82) is 0 Å². The number of hydrogen-bond acceptors (Lipinski definition) is 4. The van der Waals surface area contributed by atoms with Crippen molar-refractivity contribution in [3.05, 3.63) is 54.1 Å². The summed E-state index contributed by atoms with van der Waals surface area (Å²) < 4.78 is 11.0. The van der Waals surface area contributed by atoms with Crippen LogP contribution in [-0.4, -0.2) is 50.7 Å². The van der Waals surface area contributed by atoms with E-state index in [2.05, 4.69) is 11.0 Å². The lowest BCUT2D eigenvalue weighted by molar-refractivity contribution is -0.119. The van der Waals surface area contributed by atoms with Crippen LogP contribution in [-0.2, 0) is 11.2 Å². The van der Waals surface area contributed by atoms with Gasteiger partial charge in [0.05, 0.1) is 14.2 Å². The molecule has 0 radical (unpaired) electrons. The van der Waals surface area contributed by atoms with Crippen molar-refractivity contribution in [3.63, 3.8) is 0 Å². The number of para-hydroxylation sites is 2. The summed E-state index contributed by atoms with van der Waals surface area (Å²) in [7, 11) is 3.36. The van der Waals surface area contributed by atoms with E-state index in [0.717, 1.165) is 56.1 Å². The minimum atomic E-state index is 0.204. The average molecular weight is 397 g/mol. The van der Waals surface area contributed by atoms with Gasteiger partial charge >= 0.3 is 0 Å². The van der Waals surface area contributed by atoms with Crippen LogP contribution in [0.4, 0.5) is 5.69 Å². The fourth-order valence-corrected chi connectivity index (χ4v) is 4.15. The second-order valence-corrected chi connectivity index (χ2v) is 7.43. The van der Waals surface area contributed by atoms with Crippen LogP contribution in [0.1, 0.15) is 31.7 Å². The Balaban J connectivity index is 1.60. The van der Waals surface area contributed by atoms with E-state index < -0.39 is 0 Å². The molecule has 2 aromatic rings. The maximum atomic E-state index is 12.6. The summed E-state index contributed by atoms with van der Waals surface area (Å²) in [4.78, 5) is 17.1. The minimum absolute atomic E-state index is 0.204. The normalized spacial score (nSPS) is 15.1. The second-order valence-electron chi connectivity index (χ2n) is 7.43. The number of hydrogen-bond donors (Lipinski definition) is 0. The molecule has 156 valence electrons. The van der Waals surface area contributed by atoms with E-state index in [4.69, 9.17) is 9.47 Å². The van der Waals surface area contributed by atoms with Gasteiger partial charge in [-0.05, 0) is 43.0 Å². The first-order chi connectivity index (χ1) is 14.2. The van der Waals surface area contributed by atoms with Crippen molar-refractivity contribution in [1.82, 2.24) is 4.90 Å². The van der Waals surface area contributed by atoms with Gasteiger partial charge in [0.15, 0.2) is 11.5 Å². The first-order valence-electron chi connectivity index (χ1n) is 10.5. The van der Waals surface area contributed by atoms with E-state index in [1.807, 2.05) is 54.3 Å². The molecule has 0 saturated carbocycles. The maximum absolute atomic E-state index is 12.6. The molecule has 29 heavy (non-hydrogen) atoms. The Labute approximate surface area is 174 Å². The van der Waals surface area contributed by atoms with E-state index in [0.29, 0.717) is 6.42 Å². The first kappa shape index (κ1) is 21.2. The van der Waals surface area contributed by atoms with E-state index in [1.54, 1.807) is 14.2 Å². The molecule has 2 aromatic carbocycles. The predicted molar refractivity (Wildman–Crippen MR) is 117 cm³/mol. The Hall–Kier alpha value is -2.53. The zero-order valence-electron chi connectivity index (χ0n) is 17.8. The summed E-state index contributed by atoms with van der Waals surface area (Å²) in [5, 5.41) is 0. The SMILES string of the molecule is CCC(=O)N(c1ccccc1)C1CCN(CCc2cccc(OC)c2OC)CC1. The quantitative estimate of drug-likeness (QED) is 0.672. The highest BCUT2D eigenvalue weighted by Gasteiger charge is 2.28. The van der Waals surface area contributed by atoms with Gasteiger partial charge in [-0.3, -0.25) is 4.79 Å². The average Bonchev–Trinajstić information content (AvgIpc) is 2.78. The number of piperidine rings is 1. The summed E-state index contributed by atoms with van der Waals surface area (Å²) in [6.07, 6.45) is 3.44. The molecule has 0 N–H and O–H groups in total. The molecule has 0 unspecified atom stereocenters. The molecule has 0 bridgehead atoms. The molecular formula is C24H32N2O3. The zero-order chi connectivity index (χ0) is 20.6. The van der Waals surface area contributed by atoms with Gasteiger partial charge in [-0.25, -0.2) is 0 Å². The number of ether oxygens (including phenoxy) is 2. The number of methoxy groups -OCH3 is 2. The highest BCUT2D eigenvalue weighted by atomic mass is 16.5. The van der Waals surface area contributed by atoms with Gasteiger partial charge in [-0.2, -0.15) is 0 Å². The summed E-state index contributed by atoms with van der Waals surface area (Å²) in [5.41, 5.74) is 2.18. The van der Waals surface area contributed by atoms with Crippen LogP contribution >= 0.6 is 0 Å². The zero-order valence-corrected chi connectivity index (χ0v) is 17.8. The van der Waals surface area contributed by atoms with Crippen molar-refractivity contribution in [2.24, 2.45) is 0 Å². The number of rotatable bonds is 8. The lowest BCUT2D eigenvalue weighted by Gasteiger charge is -2.38. The minimum Gasteiger partial charge on any atom is -0.493 e. The Kier molecular flexibility index (Phi) is 7.53. The molecule has 1 saturated heterocycles. The van der Waals surface area contributed by atoms with E-state index >= 15 is 0 Å². The van der Waals surface area contributed by atoms with Crippen LogP contribution in [0.15, 0.2) is 48.5 Å². The molecule has 3 rings (SSSR count). The summed E-state index contributed by atoms with van der Waals surface area (Å²) >= 11 is 0. The van der Waals surface area contributed by atoms with Crippen molar-refractivity contribution in [2.45, 2.75) is 38.6 Å². The number of amides is 1. The van der Waals surface area contributed by atoms with Crippen molar-refractivity contribution in [2.75, 3.05) is 38.8 Å². The molecule has 1 amide bonds. The Morgan fingerprint density at radius 1 is 1.03 bits per heavy atom. The molecule has 0 spiro atoms. The fraction of sp³-hybridized carbons (Fsp3) is 0.458. The van der Waals surface area contributed by atoms with Crippen molar-refractivity contribution < 1.29 is 14.3 Å². The predicted octanol–water partition coefficient (Wildman–Crippen LogP) is 4.15. The number of likely N-dealkylation sites (tertiary alicyclic amines) is 1. The summed E-state index contributed by atoms with van der Waals surface area (Å²) in [6, 6.07) is 16.4. The Bertz CT molecular complexity index is 786. The van der Waals surface area contributed by atoms with Crippen molar-refractivity contribution in [3.8, 4) is 11.5 Å². The number of carbonyl (C=O) groups is 1. The Morgan fingerprint density at radius 2 is 1.76 bits per heavy atom. The van der Waals surface area contributed by atoms with Gasteiger partial charge in [0.2, 0.25) is 5.91 Å². The number of nitrogens with zero attached hydrogens (tertiary/aromatic N) is 2. The standard InChI is InChI=1S/C24H32N2O3/c1-4-23(27)26(20-10-6-5-7-11-20)21-14-17-25(18-15-21)16-13-19-9-8-12-22(28-2)24(19)29-3/h5-12,21H,4,13-18H2,1-3H3. The molecule has 1 fully saturated rings. The molecule has 1 heterocycles. The van der Waals surface area contributed by atoms with Crippen LogP contribution in [0.5, 0.6) is 11.5 Å². The number of anilines is 1. The fourth-order valence-electron chi connectivity index (χ4n) is 4.15. The molecular weight excluding hydrogens is 364 g/mol. The van der Waals surface area contributed by atoms with Gasteiger partial charge in [0, 0.05) is 37.8 Å². The molecule has 5 heteroatoms. The largest absolute Gasteiger partial charge is 0.493 e. The molecule has 1 aliphatic rings. The van der Waals surface area contributed by atoms with Gasteiger partial charge in [0.25, 0.3) is 0 Å². The third-order valence-corrected chi connectivity index (χ3v) is 5.71. The smallest absolute Gasteiger partial charge is 0.226 e. The van der Waals surface area contributed by atoms with Gasteiger partial charge in [-0.1, -0.05) is 37.3 Å². The summed E-state index contributed by atoms with van der Waals surface area (Å²) in [5.74, 6) is 1.81. The molecule has 0 aromatic heterocycles. The highest BCUT2D eigenvalue weighted by Crippen LogP contribution is 2.31. The van der Waals surface area contributed by atoms with Crippen LogP contribution in [0.25, 0.3) is 0 Å². The third-order valence-electron chi connectivity index (χ3n) is 5.71. The molecule has 0 aliphatic carbocycles.